The van der Waals surface area contributed by atoms with E-state index in [1.165, 1.54) is 17.5 Å². The van der Waals surface area contributed by atoms with E-state index in [0.717, 1.165) is 18.4 Å². The molecule has 0 bridgehead atoms. The van der Waals surface area contributed by atoms with Crippen molar-refractivity contribution in [2.75, 3.05) is 13.1 Å². The van der Waals surface area contributed by atoms with Crippen molar-refractivity contribution in [3.05, 3.63) is 34.9 Å². The van der Waals surface area contributed by atoms with Gasteiger partial charge in [-0.3, -0.25) is 4.79 Å². The number of amides is 1. The summed E-state index contributed by atoms with van der Waals surface area (Å²) in [5.74, 6) is 0.185. The van der Waals surface area contributed by atoms with Crippen molar-refractivity contribution >= 4 is 5.91 Å². The molecule has 102 valence electrons. The Labute approximate surface area is 114 Å². The Kier molecular flexibility index (Phi) is 2.90. The molecular formula is C16H21NO2. The second-order valence-corrected chi connectivity index (χ2v) is 6.28. The summed E-state index contributed by atoms with van der Waals surface area (Å²) < 4.78 is 0. The van der Waals surface area contributed by atoms with E-state index in [-0.39, 0.29) is 11.8 Å². The molecule has 0 radical (unpaired) electrons. The minimum absolute atomic E-state index is 0.0549. The average molecular weight is 259 g/mol. The number of hydrogen-bond acceptors (Lipinski definition) is 2. The summed E-state index contributed by atoms with van der Waals surface area (Å²) in [6, 6.07) is 6.07. The monoisotopic (exact) mass is 259 g/mol. The zero-order valence-corrected chi connectivity index (χ0v) is 11.6. The van der Waals surface area contributed by atoms with E-state index < -0.39 is 5.60 Å². The third kappa shape index (κ3) is 2.16. The number of aryl methyl sites for hydroxylation is 2. The number of benzene rings is 1. The van der Waals surface area contributed by atoms with Gasteiger partial charge >= 0.3 is 0 Å². The first-order chi connectivity index (χ1) is 8.97. The minimum atomic E-state index is -0.758. The third-order valence-electron chi connectivity index (χ3n) is 4.70. The van der Waals surface area contributed by atoms with E-state index in [0.29, 0.717) is 13.1 Å². The molecule has 3 rings (SSSR count). The van der Waals surface area contributed by atoms with E-state index in [1.807, 2.05) is 26.0 Å². The van der Waals surface area contributed by atoms with Crippen LogP contribution in [0.1, 0.15) is 41.8 Å². The summed E-state index contributed by atoms with van der Waals surface area (Å²) in [5.41, 5.74) is 2.72. The second-order valence-electron chi connectivity index (χ2n) is 6.28. The molecule has 1 aromatic rings. The molecule has 1 aromatic carbocycles. The van der Waals surface area contributed by atoms with Crippen LogP contribution in [0.2, 0.25) is 0 Å². The predicted octanol–water partition coefficient (Wildman–Crippen LogP) is 2.02. The summed E-state index contributed by atoms with van der Waals surface area (Å²) in [4.78, 5) is 14.3. The van der Waals surface area contributed by atoms with Crippen LogP contribution in [-0.2, 0) is 12.8 Å². The van der Waals surface area contributed by atoms with E-state index in [1.54, 1.807) is 4.90 Å². The lowest BCUT2D eigenvalue weighted by molar-refractivity contribution is 0.0351. The first kappa shape index (κ1) is 12.7. The molecule has 2 atom stereocenters. The number of nitrogens with zero attached hydrogens (tertiary/aromatic N) is 1. The van der Waals surface area contributed by atoms with Gasteiger partial charge in [0.25, 0.3) is 5.91 Å². The molecule has 1 fully saturated rings. The molecule has 1 heterocycles. The van der Waals surface area contributed by atoms with Crippen LogP contribution in [0, 0.1) is 5.92 Å². The van der Waals surface area contributed by atoms with Gasteiger partial charge in [0, 0.05) is 24.6 Å². The van der Waals surface area contributed by atoms with Crippen LogP contribution < -0.4 is 0 Å². The van der Waals surface area contributed by atoms with Crippen molar-refractivity contribution in [3.63, 3.8) is 0 Å². The number of aliphatic hydroxyl groups is 1. The van der Waals surface area contributed by atoms with Gasteiger partial charge in [-0.15, -0.1) is 0 Å². The van der Waals surface area contributed by atoms with E-state index in [9.17, 15) is 9.90 Å². The summed E-state index contributed by atoms with van der Waals surface area (Å²) >= 11 is 0. The van der Waals surface area contributed by atoms with Crippen molar-refractivity contribution in [2.45, 2.75) is 38.7 Å². The third-order valence-corrected chi connectivity index (χ3v) is 4.70. The molecule has 1 aliphatic heterocycles. The van der Waals surface area contributed by atoms with Crippen LogP contribution >= 0.6 is 0 Å². The van der Waals surface area contributed by atoms with Gasteiger partial charge in [0.05, 0.1) is 5.60 Å². The van der Waals surface area contributed by atoms with Crippen molar-refractivity contribution in [1.29, 1.82) is 0 Å². The van der Waals surface area contributed by atoms with Crippen molar-refractivity contribution in [1.82, 2.24) is 4.90 Å². The number of β-amino-alcohol motifs (C(OH)–C–C–N with tert-alkyl or cyclic N) is 1. The Hall–Kier alpha value is -1.35. The fraction of sp³-hybridized carbons (Fsp3) is 0.562. The van der Waals surface area contributed by atoms with Gasteiger partial charge in [-0.2, -0.15) is 0 Å². The molecule has 3 nitrogen and oxygen atoms in total. The predicted molar refractivity (Wildman–Crippen MR) is 74.2 cm³/mol. The largest absolute Gasteiger partial charge is 0.388 e. The highest BCUT2D eigenvalue weighted by Gasteiger charge is 2.40. The van der Waals surface area contributed by atoms with E-state index in [2.05, 4.69) is 6.07 Å². The van der Waals surface area contributed by atoms with Gasteiger partial charge in [-0.1, -0.05) is 13.0 Å². The molecule has 0 aromatic heterocycles. The topological polar surface area (TPSA) is 40.5 Å². The molecule has 1 amide bonds. The van der Waals surface area contributed by atoms with Crippen LogP contribution in [0.25, 0.3) is 0 Å². The van der Waals surface area contributed by atoms with Gasteiger partial charge in [0.2, 0.25) is 0 Å². The zero-order chi connectivity index (χ0) is 13.6. The molecule has 1 aliphatic carbocycles. The number of likely N-dealkylation sites (tertiary alicyclic amines) is 1. The molecule has 2 aliphatic rings. The van der Waals surface area contributed by atoms with Crippen LogP contribution in [0.4, 0.5) is 0 Å². The van der Waals surface area contributed by atoms with Crippen molar-refractivity contribution < 1.29 is 9.90 Å². The quantitative estimate of drug-likeness (QED) is 0.838. The Bertz CT molecular complexity index is 521. The van der Waals surface area contributed by atoms with Gasteiger partial charge in [0.1, 0.15) is 0 Å². The summed E-state index contributed by atoms with van der Waals surface area (Å²) in [5, 5.41) is 10.2. The highest BCUT2D eigenvalue weighted by molar-refractivity contribution is 5.94. The van der Waals surface area contributed by atoms with E-state index in [4.69, 9.17) is 0 Å². The average Bonchev–Trinajstić information content (AvgIpc) is 2.92. The second kappa shape index (κ2) is 4.34. The lowest BCUT2D eigenvalue weighted by Crippen LogP contribution is -2.35. The Morgan fingerprint density at radius 2 is 2.11 bits per heavy atom. The summed E-state index contributed by atoms with van der Waals surface area (Å²) in [7, 11) is 0. The SMILES string of the molecule is C[C@@H]1CN(C(=O)c2ccc3c(c2)CCC3)C[C@]1(C)O. The van der Waals surface area contributed by atoms with Crippen LogP contribution in [0.3, 0.4) is 0 Å². The Balaban J connectivity index is 1.82. The van der Waals surface area contributed by atoms with Crippen LogP contribution in [-0.4, -0.2) is 34.6 Å². The molecule has 3 heteroatoms. The van der Waals surface area contributed by atoms with Crippen LogP contribution in [0.15, 0.2) is 18.2 Å². The van der Waals surface area contributed by atoms with Gasteiger partial charge in [-0.05, 0) is 49.4 Å². The van der Waals surface area contributed by atoms with Crippen molar-refractivity contribution in [3.8, 4) is 0 Å². The number of carbonyl (C=O) groups is 1. The molecule has 1 N–H and O–H groups in total. The highest BCUT2D eigenvalue weighted by Crippen LogP contribution is 2.29. The molecule has 0 unspecified atom stereocenters. The fourth-order valence-corrected chi connectivity index (χ4v) is 3.18. The Morgan fingerprint density at radius 1 is 1.37 bits per heavy atom. The summed E-state index contributed by atoms with van der Waals surface area (Å²) in [6.07, 6.45) is 3.42. The lowest BCUT2D eigenvalue weighted by Gasteiger charge is -2.20. The zero-order valence-electron chi connectivity index (χ0n) is 11.6. The minimum Gasteiger partial charge on any atom is -0.388 e. The number of fused-ring (bicyclic) bond motifs is 1. The smallest absolute Gasteiger partial charge is 0.253 e. The maximum absolute atomic E-state index is 12.5. The maximum atomic E-state index is 12.5. The van der Waals surface area contributed by atoms with Crippen LogP contribution in [0.5, 0.6) is 0 Å². The first-order valence-electron chi connectivity index (χ1n) is 7.11. The summed E-state index contributed by atoms with van der Waals surface area (Å²) in [6.45, 7) is 4.89. The van der Waals surface area contributed by atoms with Gasteiger partial charge in [0.15, 0.2) is 0 Å². The van der Waals surface area contributed by atoms with Gasteiger partial charge < -0.3 is 10.0 Å². The molecule has 19 heavy (non-hydrogen) atoms. The number of carbonyl (C=O) groups excluding carboxylic acids is 1. The molecule has 0 saturated carbocycles. The van der Waals surface area contributed by atoms with Gasteiger partial charge in [-0.25, -0.2) is 0 Å². The normalized spacial score (nSPS) is 29.6. The number of rotatable bonds is 1. The first-order valence-corrected chi connectivity index (χ1v) is 7.11. The fourth-order valence-electron chi connectivity index (χ4n) is 3.18. The molecular weight excluding hydrogens is 238 g/mol. The highest BCUT2D eigenvalue weighted by atomic mass is 16.3. The van der Waals surface area contributed by atoms with E-state index >= 15 is 0 Å². The lowest BCUT2D eigenvalue weighted by atomic mass is 9.95. The van der Waals surface area contributed by atoms with Crippen molar-refractivity contribution in [2.24, 2.45) is 5.92 Å². The molecule has 0 spiro atoms. The molecule has 1 saturated heterocycles. The maximum Gasteiger partial charge on any atom is 0.253 e. The Morgan fingerprint density at radius 3 is 2.79 bits per heavy atom. The number of hydrogen-bond donors (Lipinski definition) is 1. The standard InChI is InChI=1S/C16H21NO2/c1-11-9-17(10-16(11,2)19)15(18)14-7-6-12-4-3-5-13(12)8-14/h6-8,11,19H,3-5,9-10H2,1-2H3/t11-,16+/m1/s1.